The zero-order valence-corrected chi connectivity index (χ0v) is 11.1. The molecule has 0 bridgehead atoms. The van der Waals surface area contributed by atoms with Gasteiger partial charge in [-0.2, -0.15) is 0 Å². The summed E-state index contributed by atoms with van der Waals surface area (Å²) >= 11 is 3.44. The molecule has 0 spiro atoms. The van der Waals surface area contributed by atoms with Crippen molar-refractivity contribution >= 4 is 21.6 Å². The van der Waals surface area contributed by atoms with Crippen molar-refractivity contribution in [1.82, 2.24) is 0 Å². The van der Waals surface area contributed by atoms with E-state index in [0.29, 0.717) is 6.04 Å². The number of halogens is 2. The van der Waals surface area contributed by atoms with Gasteiger partial charge in [0.1, 0.15) is 5.82 Å². The Kier molecular flexibility index (Phi) is 3.85. The highest BCUT2D eigenvalue weighted by Crippen LogP contribution is 2.29. The average molecular weight is 286 g/mol. The van der Waals surface area contributed by atoms with Crippen LogP contribution >= 0.6 is 15.9 Å². The van der Waals surface area contributed by atoms with E-state index in [1.54, 1.807) is 12.1 Å². The van der Waals surface area contributed by atoms with Crippen LogP contribution in [-0.2, 0) is 0 Å². The molecule has 1 aromatic rings. The van der Waals surface area contributed by atoms with Gasteiger partial charge in [-0.25, -0.2) is 4.39 Å². The second-order valence-electron chi connectivity index (χ2n) is 4.73. The van der Waals surface area contributed by atoms with Gasteiger partial charge in [0.2, 0.25) is 0 Å². The molecule has 0 unspecified atom stereocenters. The number of hydrogen-bond donors (Lipinski definition) is 1. The van der Waals surface area contributed by atoms with Crippen LogP contribution in [0.2, 0.25) is 0 Å². The Hall–Kier alpha value is -0.570. The lowest BCUT2D eigenvalue weighted by atomic mass is 9.87. The summed E-state index contributed by atoms with van der Waals surface area (Å²) in [5.74, 6) is 0.656. The summed E-state index contributed by atoms with van der Waals surface area (Å²) in [7, 11) is 0. The van der Waals surface area contributed by atoms with Crippen LogP contribution in [0, 0.1) is 11.7 Å². The molecule has 0 amide bonds. The van der Waals surface area contributed by atoms with Gasteiger partial charge in [0.05, 0.1) is 5.69 Å². The van der Waals surface area contributed by atoms with Crippen molar-refractivity contribution in [1.29, 1.82) is 0 Å². The van der Waals surface area contributed by atoms with Crippen molar-refractivity contribution < 1.29 is 4.39 Å². The fourth-order valence-corrected chi connectivity index (χ4v) is 2.59. The van der Waals surface area contributed by atoms with E-state index >= 15 is 0 Å². The molecule has 1 aromatic carbocycles. The van der Waals surface area contributed by atoms with E-state index in [0.717, 1.165) is 16.1 Å². The van der Waals surface area contributed by atoms with E-state index in [2.05, 4.69) is 28.2 Å². The van der Waals surface area contributed by atoms with Crippen LogP contribution in [0.4, 0.5) is 10.1 Å². The number of hydrogen-bond acceptors (Lipinski definition) is 1. The lowest BCUT2D eigenvalue weighted by Crippen LogP contribution is -2.25. The fourth-order valence-electron chi connectivity index (χ4n) is 2.23. The minimum absolute atomic E-state index is 0.185. The molecule has 1 fully saturated rings. The molecule has 1 aliphatic rings. The summed E-state index contributed by atoms with van der Waals surface area (Å²) < 4.78 is 14.0. The van der Waals surface area contributed by atoms with E-state index in [1.807, 2.05) is 0 Å². The molecule has 88 valence electrons. The summed E-state index contributed by atoms with van der Waals surface area (Å²) in [5.41, 5.74) is 0.875. The highest BCUT2D eigenvalue weighted by Gasteiger charge is 2.18. The monoisotopic (exact) mass is 285 g/mol. The summed E-state index contributed by atoms with van der Waals surface area (Å²) in [6.45, 7) is 2.30. The molecule has 1 nitrogen and oxygen atoms in total. The van der Waals surface area contributed by atoms with E-state index in [1.165, 1.54) is 31.7 Å². The molecule has 2 rings (SSSR count). The summed E-state index contributed by atoms with van der Waals surface area (Å²) in [4.78, 5) is 0. The largest absolute Gasteiger partial charge is 0.381 e. The lowest BCUT2D eigenvalue weighted by Gasteiger charge is -2.28. The van der Waals surface area contributed by atoms with Crippen molar-refractivity contribution in [2.75, 3.05) is 5.32 Å². The minimum atomic E-state index is -0.185. The Labute approximate surface area is 105 Å². The molecule has 0 saturated heterocycles. The van der Waals surface area contributed by atoms with Crippen LogP contribution in [0.15, 0.2) is 22.7 Å². The maximum atomic E-state index is 13.1. The number of benzene rings is 1. The second kappa shape index (κ2) is 5.17. The first-order valence-electron chi connectivity index (χ1n) is 5.87. The summed E-state index contributed by atoms with van der Waals surface area (Å²) in [6.07, 6.45) is 4.91. The highest BCUT2D eigenvalue weighted by atomic mass is 79.9. The number of nitrogens with one attached hydrogen (secondary N) is 1. The lowest BCUT2D eigenvalue weighted by molar-refractivity contribution is 0.361. The van der Waals surface area contributed by atoms with Gasteiger partial charge in [-0.3, -0.25) is 0 Å². The van der Waals surface area contributed by atoms with Crippen molar-refractivity contribution in [2.24, 2.45) is 5.92 Å². The SMILES string of the molecule is CC1CCC(Nc2cc(F)ccc2Br)CC1. The molecule has 0 atom stereocenters. The van der Waals surface area contributed by atoms with Crippen molar-refractivity contribution in [3.05, 3.63) is 28.5 Å². The first-order valence-corrected chi connectivity index (χ1v) is 6.66. The van der Waals surface area contributed by atoms with Crippen molar-refractivity contribution in [3.8, 4) is 0 Å². The molecule has 0 aliphatic heterocycles. The van der Waals surface area contributed by atoms with Crippen LogP contribution in [-0.4, -0.2) is 6.04 Å². The third-order valence-corrected chi connectivity index (χ3v) is 4.00. The van der Waals surface area contributed by atoms with Gasteiger partial charge in [-0.1, -0.05) is 6.92 Å². The fraction of sp³-hybridized carbons (Fsp3) is 0.538. The molecule has 1 N–H and O–H groups in total. The van der Waals surface area contributed by atoms with Crippen LogP contribution in [0.1, 0.15) is 32.6 Å². The normalized spacial score (nSPS) is 25.4. The number of rotatable bonds is 2. The standard InChI is InChI=1S/C13H17BrFN/c1-9-2-5-11(6-3-9)16-13-8-10(15)4-7-12(13)14/h4,7-9,11,16H,2-3,5-6H2,1H3. The first-order chi connectivity index (χ1) is 7.65. The van der Waals surface area contributed by atoms with E-state index in [4.69, 9.17) is 0 Å². The van der Waals surface area contributed by atoms with Crippen molar-refractivity contribution in [2.45, 2.75) is 38.6 Å². The Morgan fingerprint density at radius 3 is 2.62 bits per heavy atom. The molecule has 0 heterocycles. The quantitative estimate of drug-likeness (QED) is 0.839. The van der Waals surface area contributed by atoms with E-state index in [-0.39, 0.29) is 5.82 Å². The first kappa shape index (κ1) is 11.9. The molecule has 1 saturated carbocycles. The van der Waals surface area contributed by atoms with Crippen molar-refractivity contribution in [3.63, 3.8) is 0 Å². The van der Waals surface area contributed by atoms with Crippen LogP contribution in [0.25, 0.3) is 0 Å². The summed E-state index contributed by atoms with van der Waals surface area (Å²) in [6, 6.07) is 5.28. The molecule has 0 aromatic heterocycles. The molecule has 1 aliphatic carbocycles. The van der Waals surface area contributed by atoms with Crippen LogP contribution in [0.5, 0.6) is 0 Å². The van der Waals surface area contributed by atoms with Gasteiger partial charge < -0.3 is 5.32 Å². The average Bonchev–Trinajstić information content (AvgIpc) is 2.27. The molecule has 0 radical (unpaired) electrons. The van der Waals surface area contributed by atoms with Gasteiger partial charge in [0.15, 0.2) is 0 Å². The van der Waals surface area contributed by atoms with E-state index in [9.17, 15) is 4.39 Å². The third kappa shape index (κ3) is 2.97. The molecular formula is C13H17BrFN. The zero-order valence-electron chi connectivity index (χ0n) is 9.47. The van der Waals surface area contributed by atoms with Gasteiger partial charge in [0, 0.05) is 10.5 Å². The molecule has 16 heavy (non-hydrogen) atoms. The predicted molar refractivity (Wildman–Crippen MR) is 69.1 cm³/mol. The Bertz CT molecular complexity index is 359. The van der Waals surface area contributed by atoms with Crippen LogP contribution < -0.4 is 5.32 Å². The van der Waals surface area contributed by atoms with Gasteiger partial charge in [-0.05, 0) is 65.7 Å². The minimum Gasteiger partial charge on any atom is -0.381 e. The maximum absolute atomic E-state index is 13.1. The van der Waals surface area contributed by atoms with E-state index < -0.39 is 0 Å². The maximum Gasteiger partial charge on any atom is 0.125 e. The topological polar surface area (TPSA) is 12.0 Å². The smallest absolute Gasteiger partial charge is 0.125 e. The Balaban J connectivity index is 2.00. The van der Waals surface area contributed by atoms with Gasteiger partial charge >= 0.3 is 0 Å². The predicted octanol–water partition coefficient (Wildman–Crippen LogP) is 4.58. The third-order valence-electron chi connectivity index (χ3n) is 3.30. The van der Waals surface area contributed by atoms with Crippen LogP contribution in [0.3, 0.4) is 0 Å². The molecular weight excluding hydrogens is 269 g/mol. The summed E-state index contributed by atoms with van der Waals surface area (Å²) in [5, 5.41) is 3.42. The zero-order chi connectivity index (χ0) is 11.5. The Morgan fingerprint density at radius 1 is 1.25 bits per heavy atom. The number of anilines is 1. The molecule has 3 heteroatoms. The van der Waals surface area contributed by atoms with Gasteiger partial charge in [-0.15, -0.1) is 0 Å². The van der Waals surface area contributed by atoms with Gasteiger partial charge in [0.25, 0.3) is 0 Å². The Morgan fingerprint density at radius 2 is 1.94 bits per heavy atom. The highest BCUT2D eigenvalue weighted by molar-refractivity contribution is 9.10. The second-order valence-corrected chi connectivity index (χ2v) is 5.58.